The lowest BCUT2D eigenvalue weighted by Crippen LogP contribution is -2.02. The van der Waals surface area contributed by atoms with Gasteiger partial charge in [0.1, 0.15) is 23.0 Å². The van der Waals surface area contributed by atoms with Crippen LogP contribution in [0.1, 0.15) is 5.56 Å². The van der Waals surface area contributed by atoms with Gasteiger partial charge in [-0.15, -0.1) is 0 Å². The van der Waals surface area contributed by atoms with Crippen molar-refractivity contribution < 1.29 is 19.5 Å². The van der Waals surface area contributed by atoms with E-state index in [1.165, 1.54) is 24.3 Å². The summed E-state index contributed by atoms with van der Waals surface area (Å²) in [4.78, 5) is 10.2. The average molecular weight is 278 g/mol. The fourth-order valence-corrected chi connectivity index (χ4v) is 1.75. The van der Waals surface area contributed by atoms with Crippen LogP contribution in [0.15, 0.2) is 36.4 Å². The molecule has 0 unspecified atom stereocenters. The molecule has 0 radical (unpaired) electrons. The molecular weight excluding hydrogens is 267 g/mol. The molecule has 0 aliphatic heterocycles. The predicted molar refractivity (Wildman–Crippen MR) is 70.2 cm³/mol. The molecule has 0 spiro atoms. The smallest absolute Gasteiger partial charge is 0.296 e. The van der Waals surface area contributed by atoms with E-state index in [9.17, 15) is 24.7 Å². The van der Waals surface area contributed by atoms with Gasteiger partial charge in [-0.3, -0.25) is 10.1 Å². The van der Waals surface area contributed by atoms with Crippen LogP contribution >= 0.6 is 0 Å². The first-order valence-electron chi connectivity index (χ1n) is 5.65. The Kier molecular flexibility index (Phi) is 3.69. The Morgan fingerprint density at radius 3 is 2.55 bits per heavy atom. The van der Waals surface area contributed by atoms with Gasteiger partial charge >= 0.3 is 0 Å². The lowest BCUT2D eigenvalue weighted by Gasteiger charge is -2.08. The zero-order chi connectivity index (χ0) is 14.7. The molecule has 0 saturated heterocycles. The zero-order valence-corrected chi connectivity index (χ0v) is 10.2. The van der Waals surface area contributed by atoms with Crippen LogP contribution in [-0.2, 0) is 6.54 Å². The first kappa shape index (κ1) is 13.6. The monoisotopic (exact) mass is 278 g/mol. The highest BCUT2D eigenvalue weighted by Gasteiger charge is 2.14. The number of nitrogens with zero attached hydrogens (tertiary/aromatic N) is 1. The third-order valence-corrected chi connectivity index (χ3v) is 2.60. The largest absolute Gasteiger partial charge is 0.508 e. The summed E-state index contributed by atoms with van der Waals surface area (Å²) < 4.78 is 13.1. The first-order chi connectivity index (χ1) is 9.45. The van der Waals surface area contributed by atoms with E-state index in [0.717, 1.165) is 12.1 Å². The molecule has 7 heteroatoms. The molecule has 0 atom stereocenters. The summed E-state index contributed by atoms with van der Waals surface area (Å²) in [6.07, 6.45) is 0. The highest BCUT2D eigenvalue weighted by atomic mass is 19.1. The molecule has 3 N–H and O–H groups in total. The molecule has 6 nitrogen and oxygen atoms in total. The van der Waals surface area contributed by atoms with Gasteiger partial charge in [0.2, 0.25) is 0 Å². The van der Waals surface area contributed by atoms with Gasteiger partial charge in [-0.05, 0) is 29.8 Å². The maximum Gasteiger partial charge on any atom is 0.296 e. The molecule has 0 fully saturated rings. The van der Waals surface area contributed by atoms with E-state index in [4.69, 9.17) is 0 Å². The highest BCUT2D eigenvalue weighted by Crippen LogP contribution is 2.29. The highest BCUT2D eigenvalue weighted by molar-refractivity contribution is 5.63. The van der Waals surface area contributed by atoms with Crippen molar-refractivity contribution in [2.45, 2.75) is 6.54 Å². The van der Waals surface area contributed by atoms with Crippen molar-refractivity contribution in [2.24, 2.45) is 0 Å². The van der Waals surface area contributed by atoms with Crippen LogP contribution in [0, 0.1) is 15.9 Å². The van der Waals surface area contributed by atoms with E-state index in [2.05, 4.69) is 5.32 Å². The summed E-state index contributed by atoms with van der Waals surface area (Å²) in [6.45, 7) is 0.0942. The summed E-state index contributed by atoms with van der Waals surface area (Å²) in [5.74, 6) is -1.03. The van der Waals surface area contributed by atoms with Crippen molar-refractivity contribution in [1.82, 2.24) is 0 Å². The van der Waals surface area contributed by atoms with Gasteiger partial charge in [0, 0.05) is 12.6 Å². The van der Waals surface area contributed by atoms with Gasteiger partial charge in [-0.25, -0.2) is 4.39 Å². The summed E-state index contributed by atoms with van der Waals surface area (Å²) in [5, 5.41) is 32.1. The Bertz CT molecular complexity index is 641. The fraction of sp³-hybridized carbons (Fsp3) is 0.0769. The molecule has 0 saturated carbocycles. The minimum absolute atomic E-state index is 0.0942. The van der Waals surface area contributed by atoms with E-state index in [1.54, 1.807) is 0 Å². The Balaban J connectivity index is 2.20. The number of rotatable bonds is 4. The van der Waals surface area contributed by atoms with E-state index < -0.39 is 10.7 Å². The molecule has 0 bridgehead atoms. The topological polar surface area (TPSA) is 95.6 Å². The van der Waals surface area contributed by atoms with Crippen LogP contribution in [0.4, 0.5) is 15.8 Å². The number of nitro groups is 1. The third-order valence-electron chi connectivity index (χ3n) is 2.60. The van der Waals surface area contributed by atoms with Crippen LogP contribution in [0.2, 0.25) is 0 Å². The number of hydrogen-bond acceptors (Lipinski definition) is 5. The molecule has 0 aromatic heterocycles. The van der Waals surface area contributed by atoms with Gasteiger partial charge in [0.25, 0.3) is 5.69 Å². The number of anilines is 1. The van der Waals surface area contributed by atoms with E-state index in [-0.39, 0.29) is 29.4 Å². The van der Waals surface area contributed by atoms with Crippen molar-refractivity contribution in [1.29, 1.82) is 0 Å². The van der Waals surface area contributed by atoms with E-state index >= 15 is 0 Å². The lowest BCUT2D eigenvalue weighted by molar-refractivity contribution is -0.384. The van der Waals surface area contributed by atoms with Crippen LogP contribution in [0.3, 0.4) is 0 Å². The van der Waals surface area contributed by atoms with Crippen LogP contribution in [0.25, 0.3) is 0 Å². The minimum Gasteiger partial charge on any atom is -0.508 e. The molecule has 0 aliphatic rings. The zero-order valence-electron chi connectivity index (χ0n) is 10.2. The molecule has 20 heavy (non-hydrogen) atoms. The average Bonchev–Trinajstić information content (AvgIpc) is 2.36. The Morgan fingerprint density at radius 2 is 1.90 bits per heavy atom. The molecule has 2 aromatic rings. The summed E-state index contributed by atoms with van der Waals surface area (Å²) in [5.41, 5.74) is 0.340. The number of phenolic OH excluding ortho intramolecular Hbond substituents is 2. The minimum atomic E-state index is -0.634. The first-order valence-corrected chi connectivity index (χ1v) is 5.65. The second kappa shape index (κ2) is 5.43. The fourth-order valence-electron chi connectivity index (χ4n) is 1.75. The van der Waals surface area contributed by atoms with Gasteiger partial charge in [-0.2, -0.15) is 0 Å². The maximum absolute atomic E-state index is 13.1. The molecular formula is C13H11FN2O4. The van der Waals surface area contributed by atoms with Gasteiger partial charge < -0.3 is 15.5 Å². The Morgan fingerprint density at radius 1 is 1.15 bits per heavy atom. The number of nitrogens with one attached hydrogen (secondary N) is 1. The number of phenols is 2. The maximum atomic E-state index is 13.1. The Hall–Kier alpha value is -2.83. The number of aromatic hydroxyl groups is 2. The number of hydrogen-bond donors (Lipinski definition) is 3. The summed E-state index contributed by atoms with van der Waals surface area (Å²) in [6, 6.07) is 7.20. The molecule has 0 amide bonds. The van der Waals surface area contributed by atoms with Crippen molar-refractivity contribution >= 4 is 11.4 Å². The number of halogens is 1. The van der Waals surface area contributed by atoms with Crippen molar-refractivity contribution in [3.05, 3.63) is 57.9 Å². The molecule has 104 valence electrons. The predicted octanol–water partition coefficient (Wildman–Crippen LogP) is 2.76. The Labute approximate surface area is 113 Å². The van der Waals surface area contributed by atoms with E-state index in [0.29, 0.717) is 5.56 Å². The SMILES string of the molecule is O=[N+]([O-])c1cc(O)ccc1NCc1cc(O)cc(F)c1. The van der Waals surface area contributed by atoms with Gasteiger partial charge in [0.05, 0.1) is 11.0 Å². The quantitative estimate of drug-likeness (QED) is 0.454. The van der Waals surface area contributed by atoms with Crippen LogP contribution in [0.5, 0.6) is 11.5 Å². The van der Waals surface area contributed by atoms with Gasteiger partial charge in [-0.1, -0.05) is 0 Å². The lowest BCUT2D eigenvalue weighted by atomic mass is 10.2. The van der Waals surface area contributed by atoms with Crippen LogP contribution < -0.4 is 5.32 Å². The molecule has 0 heterocycles. The van der Waals surface area contributed by atoms with Crippen molar-refractivity contribution in [2.75, 3.05) is 5.32 Å². The van der Waals surface area contributed by atoms with E-state index in [1.807, 2.05) is 0 Å². The molecule has 2 rings (SSSR count). The second-order valence-corrected chi connectivity index (χ2v) is 4.13. The summed E-state index contributed by atoms with van der Waals surface area (Å²) in [7, 11) is 0. The third kappa shape index (κ3) is 3.14. The van der Waals surface area contributed by atoms with Gasteiger partial charge in [0.15, 0.2) is 0 Å². The normalized spacial score (nSPS) is 10.2. The molecule has 2 aromatic carbocycles. The second-order valence-electron chi connectivity index (χ2n) is 4.13. The standard InChI is InChI=1S/C13H11FN2O4/c14-9-3-8(4-11(18)5-9)7-15-12-2-1-10(17)6-13(12)16(19)20/h1-6,15,17-18H,7H2. The van der Waals surface area contributed by atoms with Crippen molar-refractivity contribution in [3.63, 3.8) is 0 Å². The number of benzene rings is 2. The van der Waals surface area contributed by atoms with Crippen molar-refractivity contribution in [3.8, 4) is 11.5 Å². The molecule has 0 aliphatic carbocycles. The summed E-state index contributed by atoms with van der Waals surface area (Å²) >= 11 is 0. The van der Waals surface area contributed by atoms with Crippen LogP contribution in [-0.4, -0.2) is 15.1 Å². The number of nitro benzene ring substituents is 1.